The lowest BCUT2D eigenvalue weighted by atomic mass is 10.1. The summed E-state index contributed by atoms with van der Waals surface area (Å²) in [6.45, 7) is 0. The Hall–Kier alpha value is -1.14. The zero-order chi connectivity index (χ0) is 12.4. The number of carboxylic acids is 1. The van der Waals surface area contributed by atoms with Crippen molar-refractivity contribution in [3.8, 4) is 0 Å². The maximum atomic E-state index is 13.5. The van der Waals surface area contributed by atoms with Gasteiger partial charge in [-0.1, -0.05) is 0 Å². The maximum absolute atomic E-state index is 13.5. The van der Waals surface area contributed by atoms with Gasteiger partial charge in [0.05, 0.1) is 0 Å². The van der Waals surface area contributed by atoms with Crippen molar-refractivity contribution < 1.29 is 18.7 Å². The minimum Gasteiger partial charge on any atom is -0.480 e. The predicted octanol–water partition coefficient (Wildman–Crippen LogP) is 1.80. The molecule has 17 heavy (non-hydrogen) atoms. The summed E-state index contributed by atoms with van der Waals surface area (Å²) >= 11 is 1.42. The van der Waals surface area contributed by atoms with Crippen LogP contribution in [-0.4, -0.2) is 28.6 Å². The van der Waals surface area contributed by atoms with Crippen molar-refractivity contribution in [2.45, 2.75) is 12.1 Å². The van der Waals surface area contributed by atoms with Gasteiger partial charge in [-0.15, -0.1) is 0 Å². The molecule has 1 saturated heterocycles. The van der Waals surface area contributed by atoms with Gasteiger partial charge >= 0.3 is 5.97 Å². The zero-order valence-electron chi connectivity index (χ0n) is 8.82. The van der Waals surface area contributed by atoms with E-state index in [1.807, 2.05) is 0 Å². The van der Waals surface area contributed by atoms with Gasteiger partial charge in [0.2, 0.25) is 0 Å². The standard InChI is InChI=1S/C11H11F2NO2S/c12-6-1-2-8(13)7(3-6)9-4-17-5-10(14-9)11(15)16/h1-3,9-10,14H,4-5H2,(H,15,16). The largest absolute Gasteiger partial charge is 0.480 e. The first kappa shape index (κ1) is 12.3. The van der Waals surface area contributed by atoms with Crippen LogP contribution in [0.1, 0.15) is 11.6 Å². The molecule has 2 unspecified atom stereocenters. The van der Waals surface area contributed by atoms with Crippen LogP contribution in [0.25, 0.3) is 0 Å². The molecule has 1 heterocycles. The van der Waals surface area contributed by atoms with E-state index in [2.05, 4.69) is 5.32 Å². The second kappa shape index (κ2) is 5.01. The van der Waals surface area contributed by atoms with Crippen LogP contribution in [0.5, 0.6) is 0 Å². The summed E-state index contributed by atoms with van der Waals surface area (Å²) in [4.78, 5) is 10.8. The number of hydrogen-bond acceptors (Lipinski definition) is 3. The smallest absolute Gasteiger partial charge is 0.321 e. The highest BCUT2D eigenvalue weighted by Crippen LogP contribution is 2.26. The molecule has 1 aliphatic heterocycles. The molecule has 0 bridgehead atoms. The average molecular weight is 259 g/mol. The molecule has 0 saturated carbocycles. The van der Waals surface area contributed by atoms with Gasteiger partial charge in [0, 0.05) is 23.1 Å². The maximum Gasteiger partial charge on any atom is 0.321 e. The first-order chi connectivity index (χ1) is 8.08. The van der Waals surface area contributed by atoms with Gasteiger partial charge in [-0.05, 0) is 18.2 Å². The molecule has 1 aromatic carbocycles. The Bertz CT molecular complexity index is 441. The van der Waals surface area contributed by atoms with Crippen LogP contribution in [0.2, 0.25) is 0 Å². The molecule has 1 aromatic rings. The van der Waals surface area contributed by atoms with Crippen molar-refractivity contribution in [3.63, 3.8) is 0 Å². The van der Waals surface area contributed by atoms with Crippen molar-refractivity contribution in [1.82, 2.24) is 5.32 Å². The number of hydrogen-bond donors (Lipinski definition) is 2. The van der Waals surface area contributed by atoms with E-state index in [1.165, 1.54) is 11.8 Å². The molecule has 92 valence electrons. The van der Waals surface area contributed by atoms with Gasteiger partial charge in [-0.25, -0.2) is 8.78 Å². The number of aliphatic carboxylic acids is 1. The van der Waals surface area contributed by atoms with Crippen LogP contribution in [0.3, 0.4) is 0 Å². The van der Waals surface area contributed by atoms with Crippen LogP contribution in [-0.2, 0) is 4.79 Å². The Morgan fingerprint density at radius 2 is 2.18 bits per heavy atom. The molecular weight excluding hydrogens is 248 g/mol. The van der Waals surface area contributed by atoms with Crippen molar-refractivity contribution in [3.05, 3.63) is 35.4 Å². The van der Waals surface area contributed by atoms with Crippen molar-refractivity contribution in [1.29, 1.82) is 0 Å². The van der Waals surface area contributed by atoms with E-state index in [9.17, 15) is 13.6 Å². The molecule has 2 N–H and O–H groups in total. The van der Waals surface area contributed by atoms with Gasteiger partial charge in [0.15, 0.2) is 0 Å². The fraction of sp³-hybridized carbons (Fsp3) is 0.364. The lowest BCUT2D eigenvalue weighted by Gasteiger charge is -2.28. The van der Waals surface area contributed by atoms with Crippen molar-refractivity contribution in [2.24, 2.45) is 0 Å². The minimum absolute atomic E-state index is 0.184. The van der Waals surface area contributed by atoms with E-state index < -0.39 is 29.7 Å². The molecule has 0 aliphatic carbocycles. The van der Waals surface area contributed by atoms with Crippen LogP contribution >= 0.6 is 11.8 Å². The molecule has 1 fully saturated rings. The van der Waals surface area contributed by atoms with E-state index in [-0.39, 0.29) is 5.56 Å². The Labute approximate surface area is 101 Å². The number of thioether (sulfide) groups is 1. The quantitative estimate of drug-likeness (QED) is 0.850. The summed E-state index contributed by atoms with van der Waals surface area (Å²) in [7, 11) is 0. The van der Waals surface area contributed by atoms with E-state index in [4.69, 9.17) is 5.11 Å². The normalized spacial score (nSPS) is 24.6. The van der Waals surface area contributed by atoms with Gasteiger partial charge in [0.1, 0.15) is 17.7 Å². The van der Waals surface area contributed by atoms with Gasteiger partial charge in [-0.2, -0.15) is 11.8 Å². The predicted molar refractivity (Wildman–Crippen MR) is 61.0 cm³/mol. The van der Waals surface area contributed by atoms with E-state index >= 15 is 0 Å². The highest BCUT2D eigenvalue weighted by molar-refractivity contribution is 7.99. The second-order valence-corrected chi connectivity index (χ2v) is 4.89. The summed E-state index contributed by atoms with van der Waals surface area (Å²) in [6, 6.07) is 2.02. The average Bonchev–Trinajstić information content (AvgIpc) is 2.32. The number of rotatable bonds is 2. The van der Waals surface area contributed by atoms with E-state index in [0.29, 0.717) is 11.5 Å². The van der Waals surface area contributed by atoms with Gasteiger partial charge in [-0.3, -0.25) is 10.1 Å². The molecule has 6 heteroatoms. The lowest BCUT2D eigenvalue weighted by Crippen LogP contribution is -2.45. The zero-order valence-corrected chi connectivity index (χ0v) is 9.64. The second-order valence-electron chi connectivity index (χ2n) is 3.81. The van der Waals surface area contributed by atoms with E-state index in [0.717, 1.165) is 18.2 Å². The molecule has 0 radical (unpaired) electrons. The summed E-state index contributed by atoms with van der Waals surface area (Å²) in [6.07, 6.45) is 0. The summed E-state index contributed by atoms with van der Waals surface area (Å²) in [5, 5.41) is 11.7. The third kappa shape index (κ3) is 2.76. The van der Waals surface area contributed by atoms with Crippen LogP contribution in [0, 0.1) is 11.6 Å². The number of halogens is 2. The molecule has 0 amide bonds. The fourth-order valence-electron chi connectivity index (χ4n) is 1.75. The summed E-state index contributed by atoms with van der Waals surface area (Å²) < 4.78 is 26.6. The molecular formula is C11H11F2NO2S. The number of nitrogens with one attached hydrogen (secondary N) is 1. The Kier molecular flexibility index (Phi) is 3.63. The first-order valence-electron chi connectivity index (χ1n) is 5.09. The highest BCUT2D eigenvalue weighted by Gasteiger charge is 2.28. The third-order valence-electron chi connectivity index (χ3n) is 2.60. The van der Waals surface area contributed by atoms with Crippen LogP contribution in [0.4, 0.5) is 8.78 Å². The summed E-state index contributed by atoms with van der Waals surface area (Å²) in [5.74, 6) is -1.05. The highest BCUT2D eigenvalue weighted by atomic mass is 32.2. The number of carboxylic acid groups (broad SMARTS) is 1. The van der Waals surface area contributed by atoms with E-state index in [1.54, 1.807) is 0 Å². The molecule has 2 atom stereocenters. The topological polar surface area (TPSA) is 49.3 Å². The molecule has 0 aromatic heterocycles. The Morgan fingerprint density at radius 1 is 1.41 bits per heavy atom. The lowest BCUT2D eigenvalue weighted by molar-refractivity contribution is -0.139. The van der Waals surface area contributed by atoms with Crippen LogP contribution in [0.15, 0.2) is 18.2 Å². The minimum atomic E-state index is -0.973. The monoisotopic (exact) mass is 259 g/mol. The first-order valence-corrected chi connectivity index (χ1v) is 6.25. The van der Waals surface area contributed by atoms with Gasteiger partial charge < -0.3 is 5.11 Å². The number of benzene rings is 1. The summed E-state index contributed by atoms with van der Waals surface area (Å²) in [5.41, 5.74) is 0.184. The van der Waals surface area contributed by atoms with Crippen LogP contribution < -0.4 is 5.32 Å². The number of carbonyl (C=O) groups is 1. The third-order valence-corrected chi connectivity index (χ3v) is 3.74. The Morgan fingerprint density at radius 3 is 2.88 bits per heavy atom. The molecule has 3 nitrogen and oxygen atoms in total. The molecule has 0 spiro atoms. The van der Waals surface area contributed by atoms with Gasteiger partial charge in [0.25, 0.3) is 0 Å². The fourth-order valence-corrected chi connectivity index (χ4v) is 2.87. The molecule has 2 rings (SSSR count). The molecule has 1 aliphatic rings. The van der Waals surface area contributed by atoms with Crippen molar-refractivity contribution in [2.75, 3.05) is 11.5 Å². The van der Waals surface area contributed by atoms with Crippen molar-refractivity contribution >= 4 is 17.7 Å². The Balaban J connectivity index is 2.21. The SMILES string of the molecule is O=C(O)C1CSCC(c2cc(F)ccc2F)N1.